The van der Waals surface area contributed by atoms with E-state index >= 15 is 0 Å². The molecule has 1 N–H and O–H groups in total. The lowest BCUT2D eigenvalue weighted by Gasteiger charge is -2.02. The highest BCUT2D eigenvalue weighted by Crippen LogP contribution is 2.23. The Bertz CT molecular complexity index is 510. The zero-order chi connectivity index (χ0) is 11.5. The topological polar surface area (TPSA) is 42.0 Å². The molecule has 6 heteroatoms. The summed E-state index contributed by atoms with van der Waals surface area (Å²) in [6.45, 7) is 0. The zero-order valence-corrected chi connectivity index (χ0v) is 11.9. The van der Waals surface area contributed by atoms with Crippen LogP contribution in [0.5, 0.6) is 0 Å². The minimum atomic E-state index is -0.156. The van der Waals surface area contributed by atoms with E-state index in [9.17, 15) is 4.79 Å². The van der Waals surface area contributed by atoms with Gasteiger partial charge in [-0.25, -0.2) is 4.98 Å². The molecule has 2 aromatic heterocycles. The second kappa shape index (κ2) is 5.07. The van der Waals surface area contributed by atoms with Crippen LogP contribution >= 0.6 is 43.2 Å². The van der Waals surface area contributed by atoms with Crippen molar-refractivity contribution in [1.29, 1.82) is 0 Å². The molecule has 0 saturated heterocycles. The van der Waals surface area contributed by atoms with E-state index in [0.29, 0.717) is 10.7 Å². The van der Waals surface area contributed by atoms with Crippen molar-refractivity contribution in [3.05, 3.63) is 43.6 Å². The maximum atomic E-state index is 11.8. The van der Waals surface area contributed by atoms with Crippen molar-refractivity contribution in [2.75, 3.05) is 5.32 Å². The van der Waals surface area contributed by atoms with E-state index in [1.54, 1.807) is 12.3 Å². The van der Waals surface area contributed by atoms with Crippen LogP contribution in [-0.2, 0) is 0 Å². The smallest absolute Gasteiger partial charge is 0.268 e. The normalized spacial score (nSPS) is 10.1. The molecule has 1 amide bonds. The monoisotopic (exact) mass is 360 g/mol. The van der Waals surface area contributed by atoms with Gasteiger partial charge in [-0.2, -0.15) is 0 Å². The number of nitrogens with zero attached hydrogens (tertiary/aromatic N) is 1. The molecule has 0 aromatic carbocycles. The summed E-state index contributed by atoms with van der Waals surface area (Å²) >= 11 is 7.98. The minimum absolute atomic E-state index is 0.156. The summed E-state index contributed by atoms with van der Waals surface area (Å²) in [6, 6.07) is 5.41. The highest BCUT2D eigenvalue weighted by molar-refractivity contribution is 9.10. The number of pyridine rings is 1. The molecule has 0 spiro atoms. The van der Waals surface area contributed by atoms with Crippen molar-refractivity contribution in [2.24, 2.45) is 0 Å². The Balaban J connectivity index is 2.14. The third kappa shape index (κ3) is 2.69. The molecule has 0 radical (unpaired) electrons. The molecule has 0 fully saturated rings. The van der Waals surface area contributed by atoms with Gasteiger partial charge >= 0.3 is 0 Å². The number of hydrogen-bond donors (Lipinski definition) is 1. The van der Waals surface area contributed by atoms with Crippen molar-refractivity contribution in [1.82, 2.24) is 4.98 Å². The lowest BCUT2D eigenvalue weighted by molar-refractivity contribution is 0.102. The van der Waals surface area contributed by atoms with E-state index in [-0.39, 0.29) is 5.91 Å². The van der Waals surface area contributed by atoms with Crippen LogP contribution < -0.4 is 5.32 Å². The zero-order valence-electron chi connectivity index (χ0n) is 7.91. The molecule has 0 saturated carbocycles. The second-order valence-electron chi connectivity index (χ2n) is 2.91. The fraction of sp³-hybridized carbons (Fsp3) is 0. The Hall–Kier alpha value is -0.720. The number of carbonyl (C=O) groups excluding carboxylic acids is 1. The SMILES string of the molecule is O=C(Nc1ccc(Br)cn1)c1sccc1Br. The van der Waals surface area contributed by atoms with Gasteiger partial charge in [0.15, 0.2) is 0 Å². The summed E-state index contributed by atoms with van der Waals surface area (Å²) in [6.07, 6.45) is 1.64. The molecule has 0 unspecified atom stereocenters. The summed E-state index contributed by atoms with van der Waals surface area (Å²) in [7, 11) is 0. The first kappa shape index (κ1) is 11.8. The predicted octanol–water partition coefficient (Wildman–Crippen LogP) is 3.92. The molecule has 2 heterocycles. The van der Waals surface area contributed by atoms with Crippen molar-refractivity contribution < 1.29 is 4.79 Å². The van der Waals surface area contributed by atoms with Gasteiger partial charge in [0.05, 0.1) is 0 Å². The molecule has 2 aromatic rings. The quantitative estimate of drug-likeness (QED) is 0.880. The number of amides is 1. The van der Waals surface area contributed by atoms with Gasteiger partial charge in [-0.05, 0) is 55.4 Å². The Labute approximate surface area is 113 Å². The average Bonchev–Trinajstić information content (AvgIpc) is 2.68. The van der Waals surface area contributed by atoms with Gasteiger partial charge in [0.2, 0.25) is 0 Å². The highest BCUT2D eigenvalue weighted by Gasteiger charge is 2.11. The van der Waals surface area contributed by atoms with Gasteiger partial charge in [0.1, 0.15) is 10.7 Å². The fourth-order valence-corrected chi connectivity index (χ4v) is 2.76. The average molecular weight is 362 g/mol. The summed E-state index contributed by atoms with van der Waals surface area (Å²) in [5.74, 6) is 0.380. The van der Waals surface area contributed by atoms with Gasteiger partial charge in [-0.1, -0.05) is 0 Å². The van der Waals surface area contributed by atoms with Crippen LogP contribution in [0.25, 0.3) is 0 Å². The van der Waals surface area contributed by atoms with Crippen LogP contribution in [0, 0.1) is 0 Å². The fourth-order valence-electron chi connectivity index (χ4n) is 1.08. The number of anilines is 1. The first-order valence-corrected chi connectivity index (χ1v) is 6.79. The summed E-state index contributed by atoms with van der Waals surface area (Å²) in [5.41, 5.74) is 0. The van der Waals surface area contributed by atoms with Gasteiger partial charge in [-0.3, -0.25) is 4.79 Å². The van der Waals surface area contributed by atoms with Crippen LogP contribution in [0.4, 0.5) is 5.82 Å². The molecule has 0 bridgehead atoms. The number of rotatable bonds is 2. The van der Waals surface area contributed by atoms with E-state index in [2.05, 4.69) is 42.2 Å². The van der Waals surface area contributed by atoms with Crippen LogP contribution in [-0.4, -0.2) is 10.9 Å². The van der Waals surface area contributed by atoms with Crippen LogP contribution in [0.2, 0.25) is 0 Å². The van der Waals surface area contributed by atoms with Crippen molar-refractivity contribution >= 4 is 54.9 Å². The third-order valence-corrected chi connectivity index (χ3v) is 4.10. The van der Waals surface area contributed by atoms with E-state index in [1.165, 1.54) is 11.3 Å². The number of carbonyl (C=O) groups is 1. The largest absolute Gasteiger partial charge is 0.306 e. The Kier molecular flexibility index (Phi) is 3.73. The molecule has 16 heavy (non-hydrogen) atoms. The van der Waals surface area contributed by atoms with Gasteiger partial charge in [0, 0.05) is 15.1 Å². The Morgan fingerprint density at radius 2 is 2.12 bits per heavy atom. The van der Waals surface area contributed by atoms with Gasteiger partial charge < -0.3 is 5.32 Å². The lowest BCUT2D eigenvalue weighted by Crippen LogP contribution is -2.11. The Morgan fingerprint density at radius 1 is 1.31 bits per heavy atom. The summed E-state index contributed by atoms with van der Waals surface area (Å²) < 4.78 is 1.68. The standard InChI is InChI=1S/C10H6Br2N2OS/c11-6-1-2-8(13-5-6)14-10(15)9-7(12)3-4-16-9/h1-5H,(H,13,14,15). The molecule has 3 nitrogen and oxygen atoms in total. The number of aromatic nitrogens is 1. The van der Waals surface area contributed by atoms with Crippen LogP contribution in [0.1, 0.15) is 9.67 Å². The van der Waals surface area contributed by atoms with Crippen molar-refractivity contribution in [3.63, 3.8) is 0 Å². The molecular formula is C10H6Br2N2OS. The summed E-state index contributed by atoms with van der Waals surface area (Å²) in [4.78, 5) is 16.5. The molecule has 0 aliphatic rings. The molecular weight excluding hydrogens is 356 g/mol. The van der Waals surface area contributed by atoms with E-state index in [1.807, 2.05) is 17.5 Å². The number of halogens is 2. The van der Waals surface area contributed by atoms with Gasteiger partial charge in [0.25, 0.3) is 5.91 Å². The second-order valence-corrected chi connectivity index (χ2v) is 5.60. The Morgan fingerprint density at radius 3 is 2.69 bits per heavy atom. The molecule has 0 atom stereocenters. The minimum Gasteiger partial charge on any atom is -0.306 e. The number of thiophene rings is 1. The highest BCUT2D eigenvalue weighted by atomic mass is 79.9. The molecule has 0 aliphatic heterocycles. The molecule has 0 aliphatic carbocycles. The van der Waals surface area contributed by atoms with Crippen molar-refractivity contribution in [2.45, 2.75) is 0 Å². The third-order valence-electron chi connectivity index (χ3n) is 1.79. The summed E-state index contributed by atoms with van der Waals surface area (Å²) in [5, 5.41) is 4.58. The maximum Gasteiger partial charge on any atom is 0.268 e. The van der Waals surface area contributed by atoms with Crippen LogP contribution in [0.15, 0.2) is 38.7 Å². The van der Waals surface area contributed by atoms with E-state index in [4.69, 9.17) is 0 Å². The molecule has 2 rings (SSSR count). The first-order chi connectivity index (χ1) is 7.66. The maximum absolute atomic E-state index is 11.8. The number of hydrogen-bond acceptors (Lipinski definition) is 3. The van der Waals surface area contributed by atoms with Gasteiger partial charge in [-0.15, -0.1) is 11.3 Å². The first-order valence-electron chi connectivity index (χ1n) is 4.33. The number of nitrogens with one attached hydrogen (secondary N) is 1. The lowest BCUT2D eigenvalue weighted by atomic mass is 10.4. The van der Waals surface area contributed by atoms with E-state index < -0.39 is 0 Å². The van der Waals surface area contributed by atoms with Crippen LogP contribution in [0.3, 0.4) is 0 Å². The predicted molar refractivity (Wildman–Crippen MR) is 71.9 cm³/mol. The van der Waals surface area contributed by atoms with E-state index in [0.717, 1.165) is 8.95 Å². The molecule has 82 valence electrons. The van der Waals surface area contributed by atoms with Crippen molar-refractivity contribution in [3.8, 4) is 0 Å².